The normalized spacial score (nSPS) is 18.7. The third-order valence-electron chi connectivity index (χ3n) is 4.20. The van der Waals surface area contributed by atoms with Gasteiger partial charge in [0.2, 0.25) is 0 Å². The van der Waals surface area contributed by atoms with E-state index in [4.69, 9.17) is 5.73 Å². The molecule has 0 atom stereocenters. The highest BCUT2D eigenvalue weighted by Crippen LogP contribution is 2.39. The molecule has 1 aliphatic rings. The van der Waals surface area contributed by atoms with Gasteiger partial charge in [-0.2, -0.15) is 0 Å². The average molecular weight is 239 g/mol. The Morgan fingerprint density at radius 2 is 1.76 bits per heavy atom. The molecule has 3 heteroatoms. The summed E-state index contributed by atoms with van der Waals surface area (Å²) < 4.78 is 0. The number of nitrogens with two attached hydrogens (primary N) is 1. The van der Waals surface area contributed by atoms with Crippen LogP contribution in [0.3, 0.4) is 0 Å². The van der Waals surface area contributed by atoms with E-state index in [2.05, 4.69) is 37.6 Å². The van der Waals surface area contributed by atoms with Gasteiger partial charge in [0.25, 0.3) is 0 Å². The molecule has 17 heavy (non-hydrogen) atoms. The Labute approximate surface area is 106 Å². The van der Waals surface area contributed by atoms with E-state index in [1.165, 1.54) is 25.7 Å². The minimum absolute atomic E-state index is 0.300. The van der Waals surface area contributed by atoms with Gasteiger partial charge in [0.15, 0.2) is 5.96 Å². The summed E-state index contributed by atoms with van der Waals surface area (Å²) in [5.41, 5.74) is 6.32. The first-order valence-electron chi connectivity index (χ1n) is 7.06. The van der Waals surface area contributed by atoms with E-state index < -0.39 is 0 Å². The van der Waals surface area contributed by atoms with Crippen molar-refractivity contribution in [1.82, 2.24) is 4.90 Å². The van der Waals surface area contributed by atoms with Crippen LogP contribution in [0.2, 0.25) is 0 Å². The predicted octanol–water partition coefficient (Wildman–Crippen LogP) is 2.86. The second-order valence-electron chi connectivity index (χ2n) is 5.82. The molecule has 0 aromatic rings. The second-order valence-corrected chi connectivity index (χ2v) is 5.82. The van der Waals surface area contributed by atoms with Crippen LogP contribution in [0, 0.1) is 11.3 Å². The van der Waals surface area contributed by atoms with Crippen LogP contribution >= 0.6 is 0 Å². The fourth-order valence-electron chi connectivity index (χ4n) is 2.77. The van der Waals surface area contributed by atoms with Crippen LogP contribution in [0.1, 0.15) is 53.4 Å². The summed E-state index contributed by atoms with van der Waals surface area (Å²) in [6.07, 6.45) is 5.52. The van der Waals surface area contributed by atoms with Crippen LogP contribution in [-0.4, -0.2) is 30.5 Å². The zero-order valence-corrected chi connectivity index (χ0v) is 12.0. The largest absolute Gasteiger partial charge is 0.370 e. The lowest BCUT2D eigenvalue weighted by molar-refractivity contribution is 0.227. The third-order valence-corrected chi connectivity index (χ3v) is 4.20. The molecule has 100 valence electrons. The first kappa shape index (κ1) is 14.3. The lowest BCUT2D eigenvalue weighted by Crippen LogP contribution is -2.38. The average Bonchev–Trinajstić information content (AvgIpc) is 2.82. The van der Waals surface area contributed by atoms with Crippen LogP contribution < -0.4 is 5.73 Å². The van der Waals surface area contributed by atoms with E-state index in [1.807, 2.05) is 0 Å². The molecule has 0 radical (unpaired) electrons. The summed E-state index contributed by atoms with van der Waals surface area (Å²) in [6, 6.07) is 0. The van der Waals surface area contributed by atoms with Gasteiger partial charge in [-0.1, -0.05) is 26.7 Å². The minimum Gasteiger partial charge on any atom is -0.370 e. The molecule has 0 amide bonds. The maximum atomic E-state index is 6.02. The zero-order chi connectivity index (χ0) is 12.9. The van der Waals surface area contributed by atoms with Crippen molar-refractivity contribution in [1.29, 1.82) is 0 Å². The Morgan fingerprint density at radius 1 is 1.24 bits per heavy atom. The second kappa shape index (κ2) is 6.27. The van der Waals surface area contributed by atoms with Crippen molar-refractivity contribution < 1.29 is 0 Å². The number of nitrogens with zero attached hydrogens (tertiary/aromatic N) is 2. The summed E-state index contributed by atoms with van der Waals surface area (Å²) in [5.74, 6) is 1.54. The summed E-state index contributed by atoms with van der Waals surface area (Å²) in [5, 5.41) is 0. The van der Waals surface area contributed by atoms with E-state index >= 15 is 0 Å². The molecule has 1 rings (SSSR count). The molecule has 0 heterocycles. The lowest BCUT2D eigenvalue weighted by atomic mass is 9.78. The number of hydrogen-bond acceptors (Lipinski definition) is 1. The number of guanidine groups is 1. The Bertz CT molecular complexity index is 248. The van der Waals surface area contributed by atoms with Gasteiger partial charge in [-0.3, -0.25) is 4.99 Å². The molecule has 0 spiro atoms. The predicted molar refractivity (Wildman–Crippen MR) is 75.1 cm³/mol. The summed E-state index contributed by atoms with van der Waals surface area (Å²) in [4.78, 5) is 6.72. The van der Waals surface area contributed by atoms with Crippen LogP contribution in [0.25, 0.3) is 0 Å². The zero-order valence-electron chi connectivity index (χ0n) is 12.0. The maximum Gasteiger partial charge on any atom is 0.191 e. The van der Waals surface area contributed by atoms with E-state index in [9.17, 15) is 0 Å². The van der Waals surface area contributed by atoms with Crippen molar-refractivity contribution in [3.63, 3.8) is 0 Å². The molecule has 0 unspecified atom stereocenters. The molecule has 1 saturated carbocycles. The van der Waals surface area contributed by atoms with E-state index in [0.29, 0.717) is 11.4 Å². The van der Waals surface area contributed by atoms with Crippen LogP contribution in [-0.2, 0) is 0 Å². The summed E-state index contributed by atoms with van der Waals surface area (Å²) in [6.45, 7) is 11.7. The monoisotopic (exact) mass is 239 g/mol. The fraction of sp³-hybridized carbons (Fsp3) is 0.929. The van der Waals surface area contributed by atoms with Crippen molar-refractivity contribution in [2.45, 2.75) is 53.4 Å². The molecule has 0 aromatic carbocycles. The van der Waals surface area contributed by atoms with Gasteiger partial charge >= 0.3 is 0 Å². The van der Waals surface area contributed by atoms with Gasteiger partial charge in [-0.15, -0.1) is 0 Å². The SMILES string of the molecule is CCN(CC)C(N)=NCC(C)(C)C1CCCC1. The van der Waals surface area contributed by atoms with Crippen molar-refractivity contribution >= 4 is 5.96 Å². The lowest BCUT2D eigenvalue weighted by Gasteiger charge is -2.30. The quantitative estimate of drug-likeness (QED) is 0.592. The van der Waals surface area contributed by atoms with E-state index in [-0.39, 0.29) is 0 Å². The Kier molecular flexibility index (Phi) is 5.29. The molecule has 1 fully saturated rings. The van der Waals surface area contributed by atoms with Crippen molar-refractivity contribution in [3.05, 3.63) is 0 Å². The molecule has 0 aromatic heterocycles. The summed E-state index contributed by atoms with van der Waals surface area (Å²) in [7, 11) is 0. The molecule has 2 N–H and O–H groups in total. The van der Waals surface area contributed by atoms with Crippen molar-refractivity contribution in [2.75, 3.05) is 19.6 Å². The van der Waals surface area contributed by atoms with Gasteiger partial charge in [0.05, 0.1) is 0 Å². The standard InChI is InChI=1S/C14H29N3/c1-5-17(6-2)13(15)16-11-14(3,4)12-9-7-8-10-12/h12H,5-11H2,1-4H3,(H2,15,16). The number of hydrogen-bond donors (Lipinski definition) is 1. The van der Waals surface area contributed by atoms with Gasteiger partial charge < -0.3 is 10.6 Å². The van der Waals surface area contributed by atoms with E-state index in [1.54, 1.807) is 0 Å². The molecular weight excluding hydrogens is 210 g/mol. The number of rotatable bonds is 5. The molecule has 0 aliphatic heterocycles. The van der Waals surface area contributed by atoms with Crippen LogP contribution in [0.15, 0.2) is 4.99 Å². The van der Waals surface area contributed by atoms with Gasteiger partial charge in [-0.25, -0.2) is 0 Å². The molecular formula is C14H29N3. The first-order chi connectivity index (χ1) is 8.01. The first-order valence-corrected chi connectivity index (χ1v) is 7.06. The van der Waals surface area contributed by atoms with Gasteiger partial charge in [-0.05, 0) is 38.0 Å². The molecule has 1 aliphatic carbocycles. The van der Waals surface area contributed by atoms with E-state index in [0.717, 1.165) is 25.6 Å². The fourth-order valence-corrected chi connectivity index (χ4v) is 2.77. The molecule has 0 saturated heterocycles. The smallest absolute Gasteiger partial charge is 0.191 e. The topological polar surface area (TPSA) is 41.6 Å². The Balaban J connectivity index is 2.54. The van der Waals surface area contributed by atoms with Crippen LogP contribution in [0.5, 0.6) is 0 Å². The maximum absolute atomic E-state index is 6.02. The molecule has 0 bridgehead atoms. The van der Waals surface area contributed by atoms with Crippen LogP contribution in [0.4, 0.5) is 0 Å². The van der Waals surface area contributed by atoms with Crippen molar-refractivity contribution in [3.8, 4) is 0 Å². The number of aliphatic imine (C=N–C) groups is 1. The van der Waals surface area contributed by atoms with Crippen molar-refractivity contribution in [2.24, 2.45) is 22.1 Å². The molecule has 3 nitrogen and oxygen atoms in total. The van der Waals surface area contributed by atoms with Gasteiger partial charge in [0.1, 0.15) is 0 Å². The highest BCUT2D eigenvalue weighted by atomic mass is 15.2. The Hall–Kier alpha value is -0.730. The highest BCUT2D eigenvalue weighted by molar-refractivity contribution is 5.78. The summed E-state index contributed by atoms with van der Waals surface area (Å²) >= 11 is 0. The highest BCUT2D eigenvalue weighted by Gasteiger charge is 2.31. The van der Waals surface area contributed by atoms with Gasteiger partial charge in [0, 0.05) is 19.6 Å². The minimum atomic E-state index is 0.300. The third kappa shape index (κ3) is 3.90. The Morgan fingerprint density at radius 3 is 2.24 bits per heavy atom.